The van der Waals surface area contributed by atoms with Crippen LogP contribution in [0.1, 0.15) is 51.2 Å². The van der Waals surface area contributed by atoms with E-state index in [4.69, 9.17) is 4.74 Å². The van der Waals surface area contributed by atoms with E-state index in [2.05, 4.69) is 15.3 Å². The summed E-state index contributed by atoms with van der Waals surface area (Å²) >= 11 is 0. The van der Waals surface area contributed by atoms with Crippen LogP contribution >= 0.6 is 0 Å². The zero-order valence-corrected chi connectivity index (χ0v) is 18.3. The van der Waals surface area contributed by atoms with Crippen molar-refractivity contribution in [2.24, 2.45) is 14.1 Å². The molecule has 3 aromatic heterocycles. The van der Waals surface area contributed by atoms with Crippen molar-refractivity contribution in [2.75, 3.05) is 6.61 Å². The molecule has 0 atom stereocenters. The van der Waals surface area contributed by atoms with Gasteiger partial charge in [0.15, 0.2) is 5.69 Å². The second-order valence-corrected chi connectivity index (χ2v) is 7.84. The first-order valence-electron chi connectivity index (χ1n) is 10.3. The molecular formula is C21H29N7O2. The summed E-state index contributed by atoms with van der Waals surface area (Å²) in [7, 11) is 3.82. The van der Waals surface area contributed by atoms with Gasteiger partial charge in [0.1, 0.15) is 0 Å². The topological polar surface area (TPSA) is 83.0 Å². The van der Waals surface area contributed by atoms with Gasteiger partial charge in [0.05, 0.1) is 31.6 Å². The number of nitrogens with zero attached hydrogens (tertiary/aromatic N) is 7. The lowest BCUT2D eigenvalue weighted by Crippen LogP contribution is -2.32. The largest absolute Gasteiger partial charge is 0.376 e. The quantitative estimate of drug-likeness (QED) is 0.619. The van der Waals surface area contributed by atoms with Gasteiger partial charge in [0.25, 0.3) is 5.91 Å². The van der Waals surface area contributed by atoms with Gasteiger partial charge in [-0.25, -0.2) is 0 Å². The molecule has 0 unspecified atom stereocenters. The van der Waals surface area contributed by atoms with Gasteiger partial charge >= 0.3 is 0 Å². The van der Waals surface area contributed by atoms with Crippen LogP contribution in [-0.4, -0.2) is 46.8 Å². The fourth-order valence-electron chi connectivity index (χ4n) is 4.05. The molecule has 0 aliphatic carbocycles. The molecule has 1 aliphatic heterocycles. The van der Waals surface area contributed by atoms with Crippen molar-refractivity contribution < 1.29 is 9.53 Å². The molecule has 0 spiro atoms. The van der Waals surface area contributed by atoms with Gasteiger partial charge in [0.2, 0.25) is 0 Å². The number of rotatable bonds is 6. The lowest BCUT2D eigenvalue weighted by molar-refractivity contribution is 0.0710. The highest BCUT2D eigenvalue weighted by Gasteiger charge is 2.29. The molecule has 160 valence electrons. The molecule has 0 fully saturated rings. The third-order valence-corrected chi connectivity index (χ3v) is 5.89. The lowest BCUT2D eigenvalue weighted by Gasteiger charge is -2.23. The molecule has 1 amide bonds. The second-order valence-electron chi connectivity index (χ2n) is 7.84. The van der Waals surface area contributed by atoms with E-state index in [0.29, 0.717) is 32.0 Å². The van der Waals surface area contributed by atoms with Gasteiger partial charge in [-0.3, -0.25) is 18.8 Å². The number of ether oxygens (including phenoxy) is 1. The van der Waals surface area contributed by atoms with Gasteiger partial charge in [-0.05, 0) is 20.8 Å². The standard InChI is InChI=1S/C21H29N7O2/c1-6-28-11-16(9-22-28)10-27(12-17-14(2)23-25(4)15(17)3)21(29)20-18-13-30-8-7-19(18)26(5)24-20/h9,11H,6-8,10,12-13H2,1-5H3. The van der Waals surface area contributed by atoms with E-state index >= 15 is 0 Å². The maximum atomic E-state index is 13.7. The Morgan fingerprint density at radius 3 is 2.67 bits per heavy atom. The lowest BCUT2D eigenvalue weighted by atomic mass is 10.1. The van der Waals surface area contributed by atoms with Crippen LogP contribution in [0.3, 0.4) is 0 Å². The highest BCUT2D eigenvalue weighted by Crippen LogP contribution is 2.24. The molecule has 0 bridgehead atoms. The van der Waals surface area contributed by atoms with Crippen LogP contribution in [0.25, 0.3) is 0 Å². The zero-order chi connectivity index (χ0) is 21.4. The average molecular weight is 412 g/mol. The van der Waals surface area contributed by atoms with Crippen LogP contribution < -0.4 is 0 Å². The molecule has 9 nitrogen and oxygen atoms in total. The number of carbonyl (C=O) groups is 1. The maximum absolute atomic E-state index is 13.7. The smallest absolute Gasteiger partial charge is 0.275 e. The molecule has 1 aliphatic rings. The summed E-state index contributed by atoms with van der Waals surface area (Å²) in [5, 5.41) is 13.5. The molecule has 0 N–H and O–H groups in total. The summed E-state index contributed by atoms with van der Waals surface area (Å²) in [6.07, 6.45) is 4.58. The number of amides is 1. The number of fused-ring (bicyclic) bond motifs is 1. The second kappa shape index (κ2) is 8.06. The zero-order valence-electron chi connectivity index (χ0n) is 18.3. The summed E-state index contributed by atoms with van der Waals surface area (Å²) in [6.45, 7) is 8.86. The Labute approximate surface area is 176 Å². The van der Waals surface area contributed by atoms with Gasteiger partial charge < -0.3 is 9.64 Å². The highest BCUT2D eigenvalue weighted by molar-refractivity contribution is 5.94. The third-order valence-electron chi connectivity index (χ3n) is 5.89. The summed E-state index contributed by atoms with van der Waals surface area (Å²) in [5.41, 5.74) is 6.51. The Morgan fingerprint density at radius 2 is 2.00 bits per heavy atom. The number of carbonyl (C=O) groups excluding carboxylic acids is 1. The Hall–Kier alpha value is -2.94. The summed E-state index contributed by atoms with van der Waals surface area (Å²) in [6, 6.07) is 0. The van der Waals surface area contributed by atoms with Crippen molar-refractivity contribution in [3.63, 3.8) is 0 Å². The molecule has 4 heterocycles. The van der Waals surface area contributed by atoms with Gasteiger partial charge in [0, 0.05) is 67.9 Å². The summed E-state index contributed by atoms with van der Waals surface area (Å²) in [5.74, 6) is -0.0933. The Morgan fingerprint density at radius 1 is 1.20 bits per heavy atom. The number of hydrogen-bond donors (Lipinski definition) is 0. The molecule has 4 rings (SSSR count). The van der Waals surface area contributed by atoms with Crippen LogP contribution in [0.2, 0.25) is 0 Å². The first-order chi connectivity index (χ1) is 14.4. The molecule has 0 saturated carbocycles. The predicted molar refractivity (Wildman–Crippen MR) is 111 cm³/mol. The molecule has 0 radical (unpaired) electrons. The maximum Gasteiger partial charge on any atom is 0.275 e. The normalized spacial score (nSPS) is 13.5. The minimum atomic E-state index is -0.0933. The molecule has 9 heteroatoms. The van der Waals surface area contributed by atoms with E-state index in [9.17, 15) is 4.79 Å². The van der Waals surface area contributed by atoms with Crippen LogP contribution in [0.4, 0.5) is 0 Å². The van der Waals surface area contributed by atoms with Crippen LogP contribution in [0.5, 0.6) is 0 Å². The summed E-state index contributed by atoms with van der Waals surface area (Å²) in [4.78, 5) is 15.5. The van der Waals surface area contributed by atoms with Crippen molar-refractivity contribution in [2.45, 2.75) is 53.4 Å². The molecular weight excluding hydrogens is 382 g/mol. The number of aromatic nitrogens is 6. The Bertz CT molecular complexity index is 1080. The Kier molecular flexibility index (Phi) is 5.46. The molecule has 30 heavy (non-hydrogen) atoms. The number of hydrogen-bond acceptors (Lipinski definition) is 5. The van der Waals surface area contributed by atoms with Gasteiger partial charge in [-0.1, -0.05) is 0 Å². The van der Waals surface area contributed by atoms with Crippen molar-refractivity contribution in [1.29, 1.82) is 0 Å². The first kappa shape index (κ1) is 20.3. The fraction of sp³-hybridized carbons (Fsp3) is 0.524. The van der Waals surface area contributed by atoms with E-state index in [1.807, 2.05) is 66.2 Å². The van der Waals surface area contributed by atoms with Crippen molar-refractivity contribution in [1.82, 2.24) is 34.2 Å². The van der Waals surface area contributed by atoms with Crippen molar-refractivity contribution in [3.05, 3.63) is 51.9 Å². The van der Waals surface area contributed by atoms with E-state index in [1.165, 1.54) is 0 Å². The summed E-state index contributed by atoms with van der Waals surface area (Å²) < 4.78 is 11.2. The van der Waals surface area contributed by atoms with Gasteiger partial charge in [-0.15, -0.1) is 0 Å². The van der Waals surface area contributed by atoms with E-state index in [-0.39, 0.29) is 5.91 Å². The fourth-order valence-corrected chi connectivity index (χ4v) is 4.05. The minimum absolute atomic E-state index is 0.0933. The minimum Gasteiger partial charge on any atom is -0.376 e. The molecule has 3 aromatic rings. The van der Waals surface area contributed by atoms with Crippen LogP contribution in [0, 0.1) is 13.8 Å². The monoisotopic (exact) mass is 411 g/mol. The van der Waals surface area contributed by atoms with Gasteiger partial charge in [-0.2, -0.15) is 15.3 Å². The number of aryl methyl sites for hydroxylation is 4. The molecule has 0 aromatic carbocycles. The Balaban J connectivity index is 1.70. The van der Waals surface area contributed by atoms with E-state index in [1.54, 1.807) is 0 Å². The van der Waals surface area contributed by atoms with Crippen molar-refractivity contribution in [3.8, 4) is 0 Å². The van der Waals surface area contributed by atoms with Crippen molar-refractivity contribution >= 4 is 5.91 Å². The third kappa shape index (κ3) is 3.65. The SMILES string of the molecule is CCn1cc(CN(Cc2c(C)nn(C)c2C)C(=O)c2nn(C)c3c2COCC3)cn1. The average Bonchev–Trinajstić information content (AvgIpc) is 3.40. The van der Waals surface area contributed by atoms with Crippen LogP contribution in [0.15, 0.2) is 12.4 Å². The van der Waals surface area contributed by atoms with E-state index < -0.39 is 0 Å². The highest BCUT2D eigenvalue weighted by atomic mass is 16.5. The molecule has 0 saturated heterocycles. The first-order valence-corrected chi connectivity index (χ1v) is 10.3. The van der Waals surface area contributed by atoms with Crippen LogP contribution in [-0.2, 0) is 51.5 Å². The predicted octanol–water partition coefficient (Wildman–Crippen LogP) is 1.90. The van der Waals surface area contributed by atoms with E-state index in [0.717, 1.165) is 46.7 Å².